The van der Waals surface area contributed by atoms with Gasteiger partial charge in [-0.15, -0.1) is 0 Å². The van der Waals surface area contributed by atoms with Crippen molar-refractivity contribution in [1.82, 2.24) is 0 Å². The summed E-state index contributed by atoms with van der Waals surface area (Å²) in [4.78, 5) is 38.1. The van der Waals surface area contributed by atoms with Gasteiger partial charge in [-0.1, -0.05) is 229 Å². The van der Waals surface area contributed by atoms with Crippen LogP contribution in [-0.4, -0.2) is 37.2 Å². The molecule has 0 N–H and O–H groups in total. The monoisotopic (exact) mass is 923 g/mol. The molecule has 6 heteroatoms. The predicted octanol–water partition coefficient (Wildman–Crippen LogP) is 18.8. The summed E-state index contributed by atoms with van der Waals surface area (Å²) in [6, 6.07) is 0. The first kappa shape index (κ1) is 63.1. The third-order valence-electron chi connectivity index (χ3n) is 12.3. The minimum atomic E-state index is -0.792. The van der Waals surface area contributed by atoms with Crippen molar-refractivity contribution in [3.63, 3.8) is 0 Å². The highest BCUT2D eigenvalue weighted by Gasteiger charge is 2.19. The molecule has 0 amide bonds. The van der Waals surface area contributed by atoms with E-state index in [1.54, 1.807) is 0 Å². The van der Waals surface area contributed by atoms with Crippen LogP contribution in [0, 0.1) is 0 Å². The van der Waals surface area contributed by atoms with Crippen molar-refractivity contribution in [1.29, 1.82) is 0 Å². The van der Waals surface area contributed by atoms with Crippen molar-refractivity contribution in [2.24, 2.45) is 0 Å². The maximum absolute atomic E-state index is 12.8. The first-order valence-electron chi connectivity index (χ1n) is 28.3. The Bertz CT molecular complexity index is 1200. The zero-order valence-corrected chi connectivity index (χ0v) is 43.7. The molecule has 6 nitrogen and oxygen atoms in total. The van der Waals surface area contributed by atoms with Gasteiger partial charge in [0.2, 0.25) is 0 Å². The second-order valence-electron chi connectivity index (χ2n) is 18.9. The van der Waals surface area contributed by atoms with Gasteiger partial charge >= 0.3 is 17.9 Å². The van der Waals surface area contributed by atoms with E-state index >= 15 is 0 Å². The van der Waals surface area contributed by atoms with Crippen LogP contribution >= 0.6 is 0 Å². The molecule has 0 radical (unpaired) electrons. The molecule has 0 aliphatic rings. The number of hydrogen-bond acceptors (Lipinski definition) is 6. The molecule has 0 spiro atoms. The minimum Gasteiger partial charge on any atom is -0.462 e. The quantitative estimate of drug-likeness (QED) is 0.0199. The fourth-order valence-corrected chi connectivity index (χ4v) is 7.95. The lowest BCUT2D eigenvalue weighted by atomic mass is 10.1. The maximum atomic E-state index is 12.8. The Morgan fingerprint density at radius 3 is 0.879 bits per heavy atom. The Morgan fingerprint density at radius 1 is 0.303 bits per heavy atom. The van der Waals surface area contributed by atoms with Crippen LogP contribution in [0.25, 0.3) is 0 Å². The topological polar surface area (TPSA) is 78.9 Å². The fourth-order valence-electron chi connectivity index (χ4n) is 7.95. The third-order valence-corrected chi connectivity index (χ3v) is 12.3. The smallest absolute Gasteiger partial charge is 0.306 e. The zero-order chi connectivity index (χ0) is 47.9. The third kappa shape index (κ3) is 52.1. The van der Waals surface area contributed by atoms with Crippen molar-refractivity contribution in [2.45, 2.75) is 290 Å². The summed E-state index contributed by atoms with van der Waals surface area (Å²) >= 11 is 0. The van der Waals surface area contributed by atoms with Crippen LogP contribution in [0.2, 0.25) is 0 Å². The minimum absolute atomic E-state index is 0.0896. The van der Waals surface area contributed by atoms with Crippen molar-refractivity contribution in [3.8, 4) is 0 Å². The molecule has 0 aliphatic heterocycles. The Morgan fingerprint density at radius 2 is 0.545 bits per heavy atom. The number of unbranched alkanes of at least 4 members (excludes halogenated alkanes) is 32. The molecule has 0 heterocycles. The van der Waals surface area contributed by atoms with Crippen LogP contribution in [0.3, 0.4) is 0 Å². The van der Waals surface area contributed by atoms with Gasteiger partial charge in [-0.2, -0.15) is 0 Å². The lowest BCUT2D eigenvalue weighted by molar-refractivity contribution is -0.167. The fraction of sp³-hybridized carbons (Fsp3) is 0.783. The van der Waals surface area contributed by atoms with Crippen molar-refractivity contribution >= 4 is 17.9 Å². The summed E-state index contributed by atoms with van der Waals surface area (Å²) in [5.74, 6) is -0.920. The molecule has 0 aromatic rings. The highest BCUT2D eigenvalue weighted by molar-refractivity contribution is 5.71. The van der Waals surface area contributed by atoms with E-state index in [0.29, 0.717) is 19.3 Å². The van der Waals surface area contributed by atoms with Gasteiger partial charge in [-0.3, -0.25) is 14.4 Å². The molecule has 1 atom stereocenters. The number of carbonyl (C=O) groups is 3. The molecule has 0 aliphatic carbocycles. The first-order chi connectivity index (χ1) is 32.5. The van der Waals surface area contributed by atoms with Crippen LogP contribution in [-0.2, 0) is 28.6 Å². The van der Waals surface area contributed by atoms with Gasteiger partial charge in [0, 0.05) is 19.3 Å². The molecule has 0 saturated carbocycles. The van der Waals surface area contributed by atoms with Crippen LogP contribution in [0.1, 0.15) is 284 Å². The van der Waals surface area contributed by atoms with E-state index in [4.69, 9.17) is 14.2 Å². The van der Waals surface area contributed by atoms with Gasteiger partial charge in [0.05, 0.1) is 0 Å². The molecule has 382 valence electrons. The summed E-state index contributed by atoms with van der Waals surface area (Å²) in [7, 11) is 0. The first-order valence-corrected chi connectivity index (χ1v) is 28.3. The van der Waals surface area contributed by atoms with Gasteiger partial charge < -0.3 is 14.2 Å². The molecular formula is C60H106O6. The predicted molar refractivity (Wildman–Crippen MR) is 284 cm³/mol. The lowest BCUT2D eigenvalue weighted by Crippen LogP contribution is -2.30. The lowest BCUT2D eigenvalue weighted by Gasteiger charge is -2.18. The van der Waals surface area contributed by atoms with E-state index in [1.807, 2.05) is 0 Å². The molecule has 0 aromatic heterocycles. The van der Waals surface area contributed by atoms with Crippen LogP contribution < -0.4 is 0 Å². The van der Waals surface area contributed by atoms with Gasteiger partial charge in [0.25, 0.3) is 0 Å². The van der Waals surface area contributed by atoms with Gasteiger partial charge in [-0.05, 0) is 96.3 Å². The second kappa shape index (κ2) is 54.7. The molecule has 0 fully saturated rings. The summed E-state index contributed by atoms with van der Waals surface area (Å²) in [5.41, 5.74) is 0. The Kier molecular flexibility index (Phi) is 52.3. The van der Waals surface area contributed by atoms with Gasteiger partial charge in [-0.25, -0.2) is 0 Å². The average Bonchev–Trinajstić information content (AvgIpc) is 3.31. The van der Waals surface area contributed by atoms with E-state index < -0.39 is 6.10 Å². The number of ether oxygens (including phenoxy) is 3. The Balaban J connectivity index is 4.42. The van der Waals surface area contributed by atoms with E-state index in [0.717, 1.165) is 103 Å². The highest BCUT2D eigenvalue weighted by atomic mass is 16.6. The highest BCUT2D eigenvalue weighted by Crippen LogP contribution is 2.14. The summed E-state index contributed by atoms with van der Waals surface area (Å²) in [6.45, 7) is 6.59. The number of allylic oxidation sites excluding steroid dienone is 10. The largest absolute Gasteiger partial charge is 0.462 e. The zero-order valence-electron chi connectivity index (χ0n) is 43.7. The van der Waals surface area contributed by atoms with E-state index in [2.05, 4.69) is 81.5 Å². The second-order valence-corrected chi connectivity index (χ2v) is 18.9. The van der Waals surface area contributed by atoms with Crippen molar-refractivity contribution < 1.29 is 28.6 Å². The molecule has 0 bridgehead atoms. The van der Waals surface area contributed by atoms with Gasteiger partial charge in [0.15, 0.2) is 6.10 Å². The SMILES string of the molecule is CCCCC/C=C\CCCCCCCC(=O)OCC(COC(=O)CCCCCCC/C=C\C=C/CCCCCCCCC)OC(=O)CCCCCCC/C=C\C=C/CCCCCCCCC. The Labute approximate surface area is 409 Å². The normalized spacial score (nSPS) is 12.5. The molecule has 0 rings (SSSR count). The summed E-state index contributed by atoms with van der Waals surface area (Å²) in [5, 5.41) is 0. The average molecular weight is 924 g/mol. The summed E-state index contributed by atoms with van der Waals surface area (Å²) in [6.07, 6.45) is 67.8. The maximum Gasteiger partial charge on any atom is 0.306 e. The van der Waals surface area contributed by atoms with Crippen molar-refractivity contribution in [2.75, 3.05) is 13.2 Å². The van der Waals surface area contributed by atoms with Crippen LogP contribution in [0.4, 0.5) is 0 Å². The number of carbonyl (C=O) groups excluding carboxylic acids is 3. The molecule has 0 aromatic carbocycles. The Hall–Kier alpha value is -2.89. The molecule has 0 saturated heterocycles. The number of esters is 3. The number of rotatable bonds is 51. The number of hydrogen-bond donors (Lipinski definition) is 0. The molecular weight excluding hydrogens is 817 g/mol. The molecule has 66 heavy (non-hydrogen) atoms. The standard InChI is InChI=1S/C60H106O6/c1-4-7-10-13-16-19-22-25-27-29-31-33-35-38-41-44-47-50-53-59(62)65-56-57(55-64-58(61)52-49-46-43-40-37-24-21-18-15-12-9-6-3)66-60(63)54-51-48-45-42-39-36-34-32-30-28-26-23-20-17-14-11-8-5-2/h18,21,27-34,57H,4-17,19-20,22-26,35-56H2,1-3H3/b21-18-,29-27-,30-28-,33-31-,34-32-. The van der Waals surface area contributed by atoms with Crippen LogP contribution in [0.15, 0.2) is 60.8 Å². The summed E-state index contributed by atoms with van der Waals surface area (Å²) < 4.78 is 16.8. The molecule has 1 unspecified atom stereocenters. The van der Waals surface area contributed by atoms with E-state index in [1.165, 1.54) is 141 Å². The van der Waals surface area contributed by atoms with Gasteiger partial charge in [0.1, 0.15) is 13.2 Å². The van der Waals surface area contributed by atoms with E-state index in [9.17, 15) is 14.4 Å². The van der Waals surface area contributed by atoms with E-state index in [-0.39, 0.29) is 31.1 Å². The van der Waals surface area contributed by atoms with Crippen LogP contribution in [0.5, 0.6) is 0 Å². The van der Waals surface area contributed by atoms with Crippen molar-refractivity contribution in [3.05, 3.63) is 60.8 Å².